The number of nitrogens with one attached hydrogen (secondary N) is 1. The molecular formula is C27H30ClN3O2. The van der Waals surface area contributed by atoms with E-state index in [4.69, 9.17) is 16.3 Å². The lowest BCUT2D eigenvalue weighted by Gasteiger charge is -2.36. The van der Waals surface area contributed by atoms with Crippen LogP contribution >= 0.6 is 11.6 Å². The number of ether oxygens (including phenoxy) is 1. The molecule has 0 aliphatic carbocycles. The van der Waals surface area contributed by atoms with Crippen molar-refractivity contribution in [2.24, 2.45) is 0 Å². The molecule has 0 spiro atoms. The van der Waals surface area contributed by atoms with Crippen molar-refractivity contribution in [2.45, 2.75) is 19.9 Å². The summed E-state index contributed by atoms with van der Waals surface area (Å²) >= 11 is 6.31. The fourth-order valence-corrected chi connectivity index (χ4v) is 4.15. The number of piperazine rings is 1. The molecule has 33 heavy (non-hydrogen) atoms. The maximum atomic E-state index is 12.2. The highest BCUT2D eigenvalue weighted by Gasteiger charge is 2.18. The standard InChI is InChI=1S/C27H30ClN3O2/c1-2-21-7-13-25(14-8-21)33-20-27(32)29-23-9-11-24(12-10-23)31-17-15-30(16-18-31)19-22-5-3-4-6-26(22)28/h3-14H,2,15-20H2,1H3,(H,29,32). The molecule has 1 heterocycles. The molecule has 0 bridgehead atoms. The summed E-state index contributed by atoms with van der Waals surface area (Å²) in [5, 5.41) is 3.73. The van der Waals surface area contributed by atoms with Gasteiger partial charge in [-0.3, -0.25) is 9.69 Å². The Morgan fingerprint density at radius 1 is 0.939 bits per heavy atom. The van der Waals surface area contributed by atoms with Gasteiger partial charge in [0.25, 0.3) is 5.91 Å². The molecule has 172 valence electrons. The van der Waals surface area contributed by atoms with Crippen molar-refractivity contribution >= 4 is 28.9 Å². The zero-order chi connectivity index (χ0) is 23.0. The molecule has 1 amide bonds. The second kappa shape index (κ2) is 11.2. The Balaban J connectivity index is 1.22. The summed E-state index contributed by atoms with van der Waals surface area (Å²) in [6.45, 7) is 6.86. The van der Waals surface area contributed by atoms with Gasteiger partial charge in [0.1, 0.15) is 5.75 Å². The van der Waals surface area contributed by atoms with E-state index >= 15 is 0 Å². The third kappa shape index (κ3) is 6.50. The largest absolute Gasteiger partial charge is 0.484 e. The molecule has 5 nitrogen and oxygen atoms in total. The highest BCUT2D eigenvalue weighted by molar-refractivity contribution is 6.31. The van der Waals surface area contributed by atoms with E-state index in [2.05, 4.69) is 40.2 Å². The minimum atomic E-state index is -0.171. The van der Waals surface area contributed by atoms with Crippen molar-refractivity contribution < 1.29 is 9.53 Å². The van der Waals surface area contributed by atoms with Crippen LogP contribution in [0.4, 0.5) is 11.4 Å². The maximum absolute atomic E-state index is 12.2. The molecule has 0 unspecified atom stereocenters. The van der Waals surface area contributed by atoms with E-state index in [-0.39, 0.29) is 12.5 Å². The van der Waals surface area contributed by atoms with Gasteiger partial charge in [-0.05, 0) is 60.0 Å². The summed E-state index contributed by atoms with van der Waals surface area (Å²) in [4.78, 5) is 17.0. The molecule has 1 aliphatic rings. The molecule has 6 heteroatoms. The highest BCUT2D eigenvalue weighted by Crippen LogP contribution is 2.22. The molecule has 1 fully saturated rings. The summed E-state index contributed by atoms with van der Waals surface area (Å²) < 4.78 is 5.59. The lowest BCUT2D eigenvalue weighted by molar-refractivity contribution is -0.118. The van der Waals surface area contributed by atoms with E-state index in [1.165, 1.54) is 11.1 Å². The third-order valence-electron chi connectivity index (χ3n) is 5.94. The van der Waals surface area contributed by atoms with Gasteiger partial charge < -0.3 is 15.0 Å². The smallest absolute Gasteiger partial charge is 0.262 e. The van der Waals surface area contributed by atoms with Crippen LogP contribution in [0.1, 0.15) is 18.1 Å². The Morgan fingerprint density at radius 2 is 1.64 bits per heavy atom. The number of halogens is 1. The van der Waals surface area contributed by atoms with Gasteiger partial charge in [0, 0.05) is 49.1 Å². The van der Waals surface area contributed by atoms with Crippen molar-refractivity contribution in [2.75, 3.05) is 43.0 Å². The number of hydrogen-bond donors (Lipinski definition) is 1. The molecule has 3 aromatic rings. The highest BCUT2D eigenvalue weighted by atomic mass is 35.5. The van der Waals surface area contributed by atoms with Crippen LogP contribution in [0.15, 0.2) is 72.8 Å². The number of aryl methyl sites for hydroxylation is 1. The number of hydrogen-bond acceptors (Lipinski definition) is 4. The fourth-order valence-electron chi connectivity index (χ4n) is 3.95. The second-order valence-corrected chi connectivity index (χ2v) is 8.64. The van der Waals surface area contributed by atoms with E-state index in [0.717, 1.165) is 55.5 Å². The van der Waals surface area contributed by atoms with Crippen LogP contribution < -0.4 is 15.0 Å². The van der Waals surface area contributed by atoms with Gasteiger partial charge in [-0.1, -0.05) is 48.9 Å². The first-order valence-electron chi connectivity index (χ1n) is 11.4. The number of benzene rings is 3. The average Bonchev–Trinajstić information content (AvgIpc) is 2.85. The predicted molar refractivity (Wildman–Crippen MR) is 135 cm³/mol. The molecule has 1 saturated heterocycles. The molecule has 1 N–H and O–H groups in total. The Labute approximate surface area is 200 Å². The van der Waals surface area contributed by atoms with Crippen LogP contribution in [0.5, 0.6) is 5.75 Å². The zero-order valence-electron chi connectivity index (χ0n) is 19.0. The number of carbonyl (C=O) groups excluding carboxylic acids is 1. The van der Waals surface area contributed by atoms with Crippen LogP contribution in [0.3, 0.4) is 0 Å². The maximum Gasteiger partial charge on any atom is 0.262 e. The number of amides is 1. The SMILES string of the molecule is CCc1ccc(OCC(=O)Nc2ccc(N3CCN(Cc4ccccc4Cl)CC3)cc2)cc1. The summed E-state index contributed by atoms with van der Waals surface area (Å²) in [5.74, 6) is 0.530. The molecule has 0 radical (unpaired) electrons. The first-order valence-corrected chi connectivity index (χ1v) is 11.8. The number of nitrogens with zero attached hydrogens (tertiary/aromatic N) is 2. The Bertz CT molecular complexity index is 1050. The van der Waals surface area contributed by atoms with Gasteiger partial charge in [0.15, 0.2) is 6.61 Å². The summed E-state index contributed by atoms with van der Waals surface area (Å²) in [6.07, 6.45) is 0.981. The van der Waals surface area contributed by atoms with Crippen LogP contribution in [0, 0.1) is 0 Å². The van der Waals surface area contributed by atoms with Crippen LogP contribution in [-0.2, 0) is 17.8 Å². The first-order chi connectivity index (χ1) is 16.1. The van der Waals surface area contributed by atoms with Crippen molar-refractivity contribution in [3.63, 3.8) is 0 Å². The average molecular weight is 464 g/mol. The minimum absolute atomic E-state index is 0.0133. The van der Waals surface area contributed by atoms with Gasteiger partial charge in [0.2, 0.25) is 0 Å². The molecule has 0 aromatic heterocycles. The first kappa shape index (κ1) is 23.1. The molecule has 0 atom stereocenters. The van der Waals surface area contributed by atoms with Crippen LogP contribution in [0.25, 0.3) is 0 Å². The molecular weight excluding hydrogens is 434 g/mol. The Kier molecular flexibility index (Phi) is 7.87. The number of anilines is 2. The molecule has 1 aliphatic heterocycles. The molecule has 4 rings (SSSR count). The summed E-state index contributed by atoms with van der Waals surface area (Å²) in [7, 11) is 0. The zero-order valence-corrected chi connectivity index (χ0v) is 19.7. The second-order valence-electron chi connectivity index (χ2n) is 8.24. The van der Waals surface area contributed by atoms with E-state index in [9.17, 15) is 4.79 Å². The quantitative estimate of drug-likeness (QED) is 0.496. The lowest BCUT2D eigenvalue weighted by atomic mass is 10.2. The van der Waals surface area contributed by atoms with Gasteiger partial charge in [-0.15, -0.1) is 0 Å². The van der Waals surface area contributed by atoms with E-state index in [1.54, 1.807) is 0 Å². The normalized spacial score (nSPS) is 14.2. The van der Waals surface area contributed by atoms with Gasteiger partial charge in [-0.25, -0.2) is 0 Å². The van der Waals surface area contributed by atoms with Crippen molar-refractivity contribution in [3.05, 3.63) is 88.9 Å². The monoisotopic (exact) mass is 463 g/mol. The van der Waals surface area contributed by atoms with Crippen molar-refractivity contribution in [1.29, 1.82) is 0 Å². The van der Waals surface area contributed by atoms with Crippen molar-refractivity contribution in [1.82, 2.24) is 4.90 Å². The number of carbonyl (C=O) groups is 1. The summed E-state index contributed by atoms with van der Waals surface area (Å²) in [6, 6.07) is 23.9. The Hall–Kier alpha value is -3.02. The van der Waals surface area contributed by atoms with E-state index < -0.39 is 0 Å². The summed E-state index contributed by atoms with van der Waals surface area (Å²) in [5.41, 5.74) is 4.35. The van der Waals surface area contributed by atoms with Crippen molar-refractivity contribution in [3.8, 4) is 5.75 Å². The van der Waals surface area contributed by atoms with Crippen LogP contribution in [0.2, 0.25) is 5.02 Å². The topological polar surface area (TPSA) is 44.8 Å². The lowest BCUT2D eigenvalue weighted by Crippen LogP contribution is -2.46. The van der Waals surface area contributed by atoms with Gasteiger partial charge >= 0.3 is 0 Å². The van der Waals surface area contributed by atoms with Crippen LogP contribution in [-0.4, -0.2) is 43.6 Å². The minimum Gasteiger partial charge on any atom is -0.484 e. The number of rotatable bonds is 8. The third-order valence-corrected chi connectivity index (χ3v) is 6.31. The fraction of sp³-hybridized carbons (Fsp3) is 0.296. The van der Waals surface area contributed by atoms with Gasteiger partial charge in [-0.2, -0.15) is 0 Å². The Morgan fingerprint density at radius 3 is 2.30 bits per heavy atom. The van der Waals surface area contributed by atoms with Gasteiger partial charge in [0.05, 0.1) is 0 Å². The van der Waals surface area contributed by atoms with E-state index in [0.29, 0.717) is 5.75 Å². The predicted octanol–water partition coefficient (Wildman–Crippen LogP) is 5.24. The van der Waals surface area contributed by atoms with E-state index in [1.807, 2.05) is 54.6 Å². The molecule has 0 saturated carbocycles. The molecule has 3 aromatic carbocycles.